The van der Waals surface area contributed by atoms with Gasteiger partial charge in [0.15, 0.2) is 0 Å². The van der Waals surface area contributed by atoms with Crippen molar-refractivity contribution in [2.45, 2.75) is 31.7 Å². The Bertz CT molecular complexity index is 532. The molecule has 1 aliphatic heterocycles. The third kappa shape index (κ3) is 3.50. The highest BCUT2D eigenvalue weighted by Gasteiger charge is 2.45. The van der Waals surface area contributed by atoms with Gasteiger partial charge in [-0.1, -0.05) is 24.3 Å². The first-order chi connectivity index (χ1) is 10.7. The minimum Gasteiger partial charge on any atom is -0.383 e. The number of nitrogens with one attached hydrogen (secondary N) is 1. The topological polar surface area (TPSA) is 41.6 Å². The molecule has 1 heterocycles. The van der Waals surface area contributed by atoms with Gasteiger partial charge in [-0.05, 0) is 36.8 Å². The lowest BCUT2D eigenvalue weighted by Crippen LogP contribution is -2.38. The standard InChI is InChI=1S/C18H26N2O2/c1-13-5-3-4-6-15(13)16-11-17(16)18(21)19-14-7-8-20(12-14)9-10-22-2/h3-6,14,16-17H,7-12H2,1-2H3,(H,19,21)/t14-,16+,17-/m0/s1. The number of nitrogens with zero attached hydrogens (tertiary/aromatic N) is 1. The molecule has 0 spiro atoms. The summed E-state index contributed by atoms with van der Waals surface area (Å²) in [7, 11) is 1.73. The smallest absolute Gasteiger partial charge is 0.224 e. The number of aryl methyl sites for hydroxylation is 1. The Balaban J connectivity index is 1.47. The Hall–Kier alpha value is -1.39. The minimum atomic E-state index is 0.175. The first-order valence-electron chi connectivity index (χ1n) is 8.26. The zero-order valence-electron chi connectivity index (χ0n) is 13.5. The number of amides is 1. The molecule has 1 saturated carbocycles. The van der Waals surface area contributed by atoms with E-state index in [-0.39, 0.29) is 11.8 Å². The molecule has 22 heavy (non-hydrogen) atoms. The lowest BCUT2D eigenvalue weighted by molar-refractivity contribution is -0.123. The minimum absolute atomic E-state index is 0.175. The predicted octanol–water partition coefficient (Wildman–Crippen LogP) is 1.94. The van der Waals surface area contributed by atoms with Gasteiger partial charge >= 0.3 is 0 Å². The maximum Gasteiger partial charge on any atom is 0.224 e. The quantitative estimate of drug-likeness (QED) is 0.873. The Morgan fingerprint density at radius 2 is 2.23 bits per heavy atom. The molecule has 1 aromatic rings. The van der Waals surface area contributed by atoms with E-state index in [1.807, 2.05) is 0 Å². The molecule has 4 heteroatoms. The Kier molecular flexibility index (Phi) is 4.79. The van der Waals surface area contributed by atoms with Gasteiger partial charge in [0.1, 0.15) is 0 Å². The van der Waals surface area contributed by atoms with Crippen LogP contribution in [0.2, 0.25) is 0 Å². The van der Waals surface area contributed by atoms with E-state index in [0.717, 1.165) is 39.1 Å². The van der Waals surface area contributed by atoms with E-state index in [4.69, 9.17) is 4.74 Å². The zero-order valence-corrected chi connectivity index (χ0v) is 13.5. The Morgan fingerprint density at radius 1 is 1.41 bits per heavy atom. The van der Waals surface area contributed by atoms with Gasteiger partial charge in [-0.25, -0.2) is 0 Å². The van der Waals surface area contributed by atoms with E-state index < -0.39 is 0 Å². The third-order valence-electron chi connectivity index (χ3n) is 4.95. The molecule has 0 unspecified atom stereocenters. The molecule has 2 aliphatic rings. The van der Waals surface area contributed by atoms with Crippen LogP contribution in [-0.2, 0) is 9.53 Å². The first-order valence-corrected chi connectivity index (χ1v) is 8.26. The van der Waals surface area contributed by atoms with E-state index in [1.54, 1.807) is 7.11 Å². The summed E-state index contributed by atoms with van der Waals surface area (Å²) in [5, 5.41) is 3.24. The summed E-state index contributed by atoms with van der Waals surface area (Å²) < 4.78 is 5.11. The maximum absolute atomic E-state index is 12.4. The van der Waals surface area contributed by atoms with Gasteiger partial charge in [0.05, 0.1) is 6.61 Å². The molecule has 2 fully saturated rings. The number of likely N-dealkylation sites (tertiary alicyclic amines) is 1. The van der Waals surface area contributed by atoms with Gasteiger partial charge < -0.3 is 10.1 Å². The summed E-state index contributed by atoms with van der Waals surface area (Å²) >= 11 is 0. The molecule has 1 aromatic carbocycles. The SMILES string of the molecule is COCCN1CC[C@H](NC(=O)[C@H]2C[C@@H]2c2ccccc2C)C1. The summed E-state index contributed by atoms with van der Waals surface area (Å²) in [4.78, 5) is 14.8. The molecule has 1 N–H and O–H groups in total. The van der Waals surface area contributed by atoms with Crippen LogP contribution < -0.4 is 5.32 Å². The number of methoxy groups -OCH3 is 1. The van der Waals surface area contributed by atoms with Gasteiger partial charge in [-0.3, -0.25) is 9.69 Å². The van der Waals surface area contributed by atoms with Crippen LogP contribution in [-0.4, -0.2) is 50.2 Å². The average molecular weight is 302 g/mol. The van der Waals surface area contributed by atoms with E-state index in [9.17, 15) is 4.79 Å². The van der Waals surface area contributed by atoms with Gasteiger partial charge in [-0.2, -0.15) is 0 Å². The maximum atomic E-state index is 12.4. The van der Waals surface area contributed by atoms with Crippen LogP contribution in [0.1, 0.15) is 29.9 Å². The Morgan fingerprint density at radius 3 is 3.00 bits per heavy atom. The second-order valence-corrected chi connectivity index (χ2v) is 6.59. The van der Waals surface area contributed by atoms with Crippen molar-refractivity contribution in [3.05, 3.63) is 35.4 Å². The van der Waals surface area contributed by atoms with Crippen LogP contribution in [0.25, 0.3) is 0 Å². The summed E-state index contributed by atoms with van der Waals surface area (Å²) in [5.41, 5.74) is 2.64. The van der Waals surface area contributed by atoms with E-state index in [2.05, 4.69) is 41.4 Å². The van der Waals surface area contributed by atoms with Crippen LogP contribution in [0.4, 0.5) is 0 Å². The van der Waals surface area contributed by atoms with Crippen molar-refractivity contribution in [2.75, 3.05) is 33.4 Å². The molecule has 1 saturated heterocycles. The van der Waals surface area contributed by atoms with Gasteiger partial charge in [-0.15, -0.1) is 0 Å². The normalized spacial score (nSPS) is 27.8. The van der Waals surface area contributed by atoms with Crippen LogP contribution in [0, 0.1) is 12.8 Å². The van der Waals surface area contributed by atoms with Gasteiger partial charge in [0.25, 0.3) is 0 Å². The van der Waals surface area contributed by atoms with E-state index in [0.29, 0.717) is 12.0 Å². The first kappa shape index (κ1) is 15.5. The monoisotopic (exact) mass is 302 g/mol. The number of rotatable bonds is 6. The van der Waals surface area contributed by atoms with Crippen molar-refractivity contribution < 1.29 is 9.53 Å². The summed E-state index contributed by atoms with van der Waals surface area (Å²) in [6.07, 6.45) is 2.05. The second-order valence-electron chi connectivity index (χ2n) is 6.59. The largest absolute Gasteiger partial charge is 0.383 e. The van der Waals surface area contributed by atoms with Crippen LogP contribution in [0.5, 0.6) is 0 Å². The van der Waals surface area contributed by atoms with Crippen LogP contribution >= 0.6 is 0 Å². The summed E-state index contributed by atoms with van der Waals surface area (Å²) in [5.74, 6) is 0.841. The third-order valence-corrected chi connectivity index (χ3v) is 4.95. The van der Waals surface area contributed by atoms with Gasteiger partial charge in [0.2, 0.25) is 5.91 Å². The number of ether oxygens (including phenoxy) is 1. The fraction of sp³-hybridized carbons (Fsp3) is 0.611. The number of hydrogen-bond donors (Lipinski definition) is 1. The molecule has 3 rings (SSSR count). The highest BCUT2D eigenvalue weighted by molar-refractivity contribution is 5.83. The number of carbonyl (C=O) groups excluding carboxylic acids is 1. The predicted molar refractivity (Wildman–Crippen MR) is 86.9 cm³/mol. The molecule has 3 atom stereocenters. The van der Waals surface area contributed by atoms with Crippen molar-refractivity contribution >= 4 is 5.91 Å². The number of carbonyl (C=O) groups is 1. The molecular weight excluding hydrogens is 276 g/mol. The molecule has 0 aromatic heterocycles. The van der Waals surface area contributed by atoms with Crippen molar-refractivity contribution in [3.63, 3.8) is 0 Å². The highest BCUT2D eigenvalue weighted by atomic mass is 16.5. The van der Waals surface area contributed by atoms with E-state index >= 15 is 0 Å². The lowest BCUT2D eigenvalue weighted by Gasteiger charge is -2.16. The Labute approximate surface area is 132 Å². The van der Waals surface area contributed by atoms with Crippen molar-refractivity contribution in [3.8, 4) is 0 Å². The highest BCUT2D eigenvalue weighted by Crippen LogP contribution is 2.48. The van der Waals surface area contributed by atoms with Gasteiger partial charge in [0, 0.05) is 38.7 Å². The van der Waals surface area contributed by atoms with Crippen molar-refractivity contribution in [2.24, 2.45) is 5.92 Å². The fourth-order valence-electron chi connectivity index (χ4n) is 3.51. The molecule has 4 nitrogen and oxygen atoms in total. The van der Waals surface area contributed by atoms with Crippen molar-refractivity contribution in [1.82, 2.24) is 10.2 Å². The molecule has 1 aliphatic carbocycles. The average Bonchev–Trinajstić information content (AvgIpc) is 3.19. The van der Waals surface area contributed by atoms with Crippen LogP contribution in [0.3, 0.4) is 0 Å². The second kappa shape index (κ2) is 6.80. The molecule has 120 valence electrons. The molecular formula is C18H26N2O2. The number of benzene rings is 1. The fourth-order valence-corrected chi connectivity index (χ4v) is 3.51. The van der Waals surface area contributed by atoms with Crippen LogP contribution in [0.15, 0.2) is 24.3 Å². The summed E-state index contributed by atoms with van der Waals surface area (Å²) in [6, 6.07) is 8.73. The number of hydrogen-bond acceptors (Lipinski definition) is 3. The molecule has 1 amide bonds. The summed E-state index contributed by atoms with van der Waals surface area (Å²) in [6.45, 7) is 5.86. The lowest BCUT2D eigenvalue weighted by atomic mass is 10.0. The van der Waals surface area contributed by atoms with Crippen molar-refractivity contribution in [1.29, 1.82) is 0 Å². The molecule has 0 radical (unpaired) electrons. The molecule has 0 bridgehead atoms. The van der Waals surface area contributed by atoms with E-state index in [1.165, 1.54) is 11.1 Å². The zero-order chi connectivity index (χ0) is 15.5.